The summed E-state index contributed by atoms with van der Waals surface area (Å²) in [6.07, 6.45) is 1.78. The van der Waals surface area contributed by atoms with E-state index >= 15 is 0 Å². The first kappa shape index (κ1) is 25.6. The molecule has 1 aromatic heterocycles. The molecule has 2 aromatic carbocycles. The van der Waals surface area contributed by atoms with Crippen LogP contribution in [0.25, 0.3) is 0 Å². The molecule has 0 aliphatic carbocycles. The van der Waals surface area contributed by atoms with Gasteiger partial charge in [0.05, 0.1) is 6.54 Å². The molecule has 1 heterocycles. The van der Waals surface area contributed by atoms with Gasteiger partial charge >= 0.3 is 0 Å². The molecule has 0 aliphatic rings. The highest BCUT2D eigenvalue weighted by atomic mass is 32.1. The Balaban J connectivity index is 1.75. The molecule has 2 amide bonds. The predicted octanol–water partition coefficient (Wildman–Crippen LogP) is 5.98. The summed E-state index contributed by atoms with van der Waals surface area (Å²) >= 11 is 1.62. The van der Waals surface area contributed by atoms with E-state index in [2.05, 4.69) is 0 Å². The van der Waals surface area contributed by atoms with Crippen LogP contribution in [0.2, 0.25) is 0 Å². The Bertz CT molecular complexity index is 1070. The van der Waals surface area contributed by atoms with Gasteiger partial charge in [0.15, 0.2) is 0 Å². The predicted molar refractivity (Wildman–Crippen MR) is 136 cm³/mol. The van der Waals surface area contributed by atoms with E-state index in [1.807, 2.05) is 62.5 Å². The van der Waals surface area contributed by atoms with Crippen LogP contribution in [0.1, 0.15) is 48.3 Å². The van der Waals surface area contributed by atoms with Crippen LogP contribution in [0, 0.1) is 12.7 Å². The van der Waals surface area contributed by atoms with E-state index < -0.39 is 0 Å². The zero-order valence-electron chi connectivity index (χ0n) is 20.2. The third kappa shape index (κ3) is 7.26. The smallest absolute Gasteiger partial charge is 0.242 e. The Morgan fingerprint density at radius 1 is 0.941 bits per heavy atom. The highest BCUT2D eigenvalue weighted by Gasteiger charge is 2.25. The fraction of sp³-hybridized carbons (Fsp3) is 0.357. The third-order valence-corrected chi connectivity index (χ3v) is 7.17. The number of aryl methyl sites for hydroxylation is 2. The molecule has 6 heteroatoms. The number of hydrogen-bond donors (Lipinski definition) is 0. The molecule has 1 atom stereocenters. The number of benzene rings is 2. The molecule has 3 aromatic rings. The Labute approximate surface area is 206 Å². The number of carbonyl (C=O) groups is 2. The molecule has 0 saturated heterocycles. The summed E-state index contributed by atoms with van der Waals surface area (Å²) in [4.78, 5) is 31.3. The lowest BCUT2D eigenvalue weighted by Gasteiger charge is -2.31. The van der Waals surface area contributed by atoms with Crippen molar-refractivity contribution in [2.75, 3.05) is 6.54 Å². The monoisotopic (exact) mass is 480 g/mol. The zero-order chi connectivity index (χ0) is 24.5. The van der Waals surface area contributed by atoms with E-state index in [0.717, 1.165) is 28.0 Å². The van der Waals surface area contributed by atoms with Gasteiger partial charge in [0.25, 0.3) is 0 Å². The van der Waals surface area contributed by atoms with Crippen molar-refractivity contribution in [2.24, 2.45) is 0 Å². The molecule has 0 fully saturated rings. The van der Waals surface area contributed by atoms with Crippen molar-refractivity contribution in [1.82, 2.24) is 9.80 Å². The highest BCUT2D eigenvalue weighted by Crippen LogP contribution is 2.20. The van der Waals surface area contributed by atoms with Crippen LogP contribution in [-0.2, 0) is 29.1 Å². The van der Waals surface area contributed by atoms with Crippen molar-refractivity contribution in [2.45, 2.75) is 59.2 Å². The van der Waals surface area contributed by atoms with Crippen LogP contribution < -0.4 is 0 Å². The number of carbonyl (C=O) groups excluding carboxylic acids is 2. The summed E-state index contributed by atoms with van der Waals surface area (Å²) in [6.45, 7) is 6.91. The van der Waals surface area contributed by atoms with Crippen molar-refractivity contribution >= 4 is 23.2 Å². The van der Waals surface area contributed by atoms with Gasteiger partial charge in [-0.2, -0.15) is 0 Å². The topological polar surface area (TPSA) is 40.6 Å². The van der Waals surface area contributed by atoms with Gasteiger partial charge in [0.1, 0.15) is 12.4 Å². The van der Waals surface area contributed by atoms with Crippen LogP contribution in [0.4, 0.5) is 4.39 Å². The maximum absolute atomic E-state index is 13.5. The molecule has 0 bridgehead atoms. The van der Waals surface area contributed by atoms with E-state index in [4.69, 9.17) is 0 Å². The molecule has 0 N–H and O–H groups in total. The molecule has 0 aliphatic heterocycles. The summed E-state index contributed by atoms with van der Waals surface area (Å²) in [5.74, 6) is -0.422. The van der Waals surface area contributed by atoms with Gasteiger partial charge in [-0.15, -0.1) is 11.3 Å². The van der Waals surface area contributed by atoms with Gasteiger partial charge in [-0.05, 0) is 67.0 Å². The van der Waals surface area contributed by atoms with Gasteiger partial charge in [-0.3, -0.25) is 9.59 Å². The van der Waals surface area contributed by atoms with E-state index in [-0.39, 0.29) is 30.2 Å². The second kappa shape index (κ2) is 12.5. The van der Waals surface area contributed by atoms with Crippen molar-refractivity contribution in [3.8, 4) is 0 Å². The molecular formula is C28H33FN2O2S. The summed E-state index contributed by atoms with van der Waals surface area (Å²) in [5.41, 5.74) is 3.10. The first-order chi connectivity index (χ1) is 16.4. The van der Waals surface area contributed by atoms with Gasteiger partial charge in [-0.25, -0.2) is 4.39 Å². The van der Waals surface area contributed by atoms with Crippen LogP contribution in [0.3, 0.4) is 0 Å². The molecule has 0 radical (unpaired) electrons. The maximum atomic E-state index is 13.5. The second-order valence-electron chi connectivity index (χ2n) is 8.67. The van der Waals surface area contributed by atoms with Gasteiger partial charge in [-0.1, -0.05) is 49.4 Å². The lowest BCUT2D eigenvalue weighted by molar-refractivity contribution is -0.143. The van der Waals surface area contributed by atoms with Gasteiger partial charge in [0, 0.05) is 23.9 Å². The average Bonchev–Trinajstić information content (AvgIpc) is 3.26. The Kier molecular flexibility index (Phi) is 9.40. The number of nitrogens with zero attached hydrogens (tertiary/aromatic N) is 2. The molecule has 34 heavy (non-hydrogen) atoms. The lowest BCUT2D eigenvalue weighted by Crippen LogP contribution is -2.46. The Morgan fingerprint density at radius 2 is 1.65 bits per heavy atom. The third-order valence-electron chi connectivity index (χ3n) is 6.16. The second-order valence-corrected chi connectivity index (χ2v) is 9.67. The molecule has 4 nitrogen and oxygen atoms in total. The Morgan fingerprint density at radius 3 is 2.26 bits per heavy atom. The van der Waals surface area contributed by atoms with Crippen LogP contribution >= 0.6 is 11.3 Å². The van der Waals surface area contributed by atoms with E-state index in [9.17, 15) is 14.0 Å². The van der Waals surface area contributed by atoms with E-state index in [1.54, 1.807) is 33.3 Å². The summed E-state index contributed by atoms with van der Waals surface area (Å²) in [7, 11) is 0. The van der Waals surface area contributed by atoms with E-state index in [1.165, 1.54) is 12.1 Å². The average molecular weight is 481 g/mol. The highest BCUT2D eigenvalue weighted by molar-refractivity contribution is 7.10. The molecule has 0 saturated carbocycles. The first-order valence-electron chi connectivity index (χ1n) is 11.8. The summed E-state index contributed by atoms with van der Waals surface area (Å²) < 4.78 is 13.4. The fourth-order valence-electron chi connectivity index (χ4n) is 3.78. The largest absolute Gasteiger partial charge is 0.332 e. The van der Waals surface area contributed by atoms with E-state index in [0.29, 0.717) is 25.9 Å². The van der Waals surface area contributed by atoms with Gasteiger partial charge in [0.2, 0.25) is 11.8 Å². The first-order valence-corrected chi connectivity index (χ1v) is 12.6. The normalized spacial score (nSPS) is 11.8. The van der Waals surface area contributed by atoms with Crippen molar-refractivity contribution in [3.63, 3.8) is 0 Å². The molecule has 1 unspecified atom stereocenters. The quantitative estimate of drug-likeness (QED) is 0.339. The number of hydrogen-bond acceptors (Lipinski definition) is 3. The number of thiophene rings is 1. The van der Waals surface area contributed by atoms with Crippen LogP contribution in [0.15, 0.2) is 66.0 Å². The SMILES string of the molecule is CCC(C)N(CC(=O)N(Cc1ccc(F)cc1)Cc1sccc1C)C(=O)CCc1ccccc1. The zero-order valence-corrected chi connectivity index (χ0v) is 21.0. The fourth-order valence-corrected chi connectivity index (χ4v) is 4.70. The Hall–Kier alpha value is -2.99. The van der Waals surface area contributed by atoms with Gasteiger partial charge < -0.3 is 9.80 Å². The van der Waals surface area contributed by atoms with Crippen LogP contribution in [-0.4, -0.2) is 34.2 Å². The van der Waals surface area contributed by atoms with Crippen molar-refractivity contribution in [1.29, 1.82) is 0 Å². The minimum atomic E-state index is -0.303. The number of amides is 2. The number of rotatable bonds is 11. The molecule has 3 rings (SSSR count). The maximum Gasteiger partial charge on any atom is 0.242 e. The molecule has 0 spiro atoms. The van der Waals surface area contributed by atoms with Crippen LogP contribution in [0.5, 0.6) is 0 Å². The van der Waals surface area contributed by atoms with Crippen molar-refractivity contribution in [3.05, 3.63) is 93.4 Å². The minimum Gasteiger partial charge on any atom is -0.332 e. The standard InChI is InChI=1S/C28H33FN2O2S/c1-4-22(3)31(27(32)15-12-23-8-6-5-7-9-23)20-28(33)30(19-26-21(2)16-17-34-26)18-24-10-13-25(29)14-11-24/h5-11,13-14,16-17,22H,4,12,15,18-20H2,1-3H3. The number of halogens is 1. The summed E-state index contributed by atoms with van der Waals surface area (Å²) in [6, 6.07) is 18.1. The summed E-state index contributed by atoms with van der Waals surface area (Å²) in [5, 5.41) is 2.02. The molecule has 180 valence electrons. The van der Waals surface area contributed by atoms with Crippen molar-refractivity contribution < 1.29 is 14.0 Å². The minimum absolute atomic E-state index is 0.0133. The molecular weight excluding hydrogens is 447 g/mol. The lowest BCUT2D eigenvalue weighted by atomic mass is 10.1.